The van der Waals surface area contributed by atoms with Crippen molar-refractivity contribution in [1.29, 1.82) is 0 Å². The molecule has 0 spiro atoms. The molecule has 7 rings (SSSR count). The Bertz CT molecular complexity index is 1700. The summed E-state index contributed by atoms with van der Waals surface area (Å²) in [5, 5.41) is 7.29. The highest BCUT2D eigenvalue weighted by Crippen LogP contribution is 2.42. The molecule has 2 aliphatic heterocycles. The highest BCUT2D eigenvalue weighted by Gasteiger charge is 2.34. The first-order valence-electron chi connectivity index (χ1n) is 12.2. The van der Waals surface area contributed by atoms with Crippen LogP contribution in [0.25, 0.3) is 43.5 Å². The second kappa shape index (κ2) is 7.41. The molecule has 7 heteroatoms. The van der Waals surface area contributed by atoms with Gasteiger partial charge in [-0.25, -0.2) is 0 Å². The number of para-hydroxylation sites is 1. The van der Waals surface area contributed by atoms with Crippen molar-refractivity contribution < 1.29 is 9.59 Å². The summed E-state index contributed by atoms with van der Waals surface area (Å²) in [5.41, 5.74) is 5.19. The van der Waals surface area contributed by atoms with Crippen LogP contribution in [0.2, 0.25) is 0 Å². The van der Waals surface area contributed by atoms with Gasteiger partial charge in [-0.3, -0.25) is 14.9 Å². The number of nitrogens with one attached hydrogen (secondary N) is 2. The summed E-state index contributed by atoms with van der Waals surface area (Å²) in [6.07, 6.45) is 2.93. The van der Waals surface area contributed by atoms with Crippen LogP contribution in [0, 0.1) is 0 Å². The number of piperazine rings is 1. The number of fused-ring (bicyclic) bond motifs is 10. The lowest BCUT2D eigenvalue weighted by Crippen LogP contribution is -2.45. The summed E-state index contributed by atoms with van der Waals surface area (Å²) in [6, 6.07) is 12.5. The largest absolute Gasteiger partial charge is 0.354 e. The number of nitrogens with zero attached hydrogens (tertiary/aromatic N) is 3. The Kier molecular flexibility index (Phi) is 4.38. The molecule has 4 heterocycles. The average molecular weight is 466 g/mol. The molecule has 2 N–H and O–H groups in total. The topological polar surface area (TPSA) is 73.4 Å². The number of aromatic amines is 1. The lowest BCUT2D eigenvalue weighted by molar-refractivity contribution is 0.0880. The maximum Gasteiger partial charge on any atom is 0.259 e. The van der Waals surface area contributed by atoms with Crippen LogP contribution in [-0.2, 0) is 13.5 Å². The summed E-state index contributed by atoms with van der Waals surface area (Å²) >= 11 is 0. The first-order chi connectivity index (χ1) is 17.0. The number of aromatic nitrogens is 2. The van der Waals surface area contributed by atoms with E-state index in [1.165, 1.54) is 5.56 Å². The van der Waals surface area contributed by atoms with Crippen molar-refractivity contribution in [2.45, 2.75) is 6.42 Å². The minimum absolute atomic E-state index is 0.313. The van der Waals surface area contributed by atoms with Crippen molar-refractivity contribution in [2.75, 3.05) is 39.8 Å². The molecule has 0 saturated carbocycles. The molecule has 0 atom stereocenters. The first kappa shape index (κ1) is 20.7. The van der Waals surface area contributed by atoms with Crippen molar-refractivity contribution in [3.63, 3.8) is 0 Å². The van der Waals surface area contributed by atoms with Crippen LogP contribution in [0.3, 0.4) is 0 Å². The van der Waals surface area contributed by atoms with Crippen molar-refractivity contribution in [3.05, 3.63) is 59.3 Å². The number of rotatable bonds is 3. The summed E-state index contributed by atoms with van der Waals surface area (Å²) in [7, 11) is 4.16. The fourth-order valence-corrected chi connectivity index (χ4v) is 6.08. The molecular weight excluding hydrogens is 438 g/mol. The van der Waals surface area contributed by atoms with Gasteiger partial charge in [0, 0.05) is 78.4 Å². The number of benzene rings is 3. The Labute approximate surface area is 202 Å². The smallest absolute Gasteiger partial charge is 0.259 e. The molecule has 0 radical (unpaired) electrons. The van der Waals surface area contributed by atoms with Crippen LogP contribution in [0.1, 0.15) is 26.3 Å². The Morgan fingerprint density at radius 2 is 1.57 bits per heavy atom. The zero-order valence-electron chi connectivity index (χ0n) is 19.9. The standard InChI is InChI=1S/C28H27N5O2/c1-31-12-14-33(15-13-31)11-9-16-4-3-5-18-20-22-23(28(35)30-27(22)34)21-19(25(20)29-24(16)18)7-6-17-8-10-32(2)26(17)21/h3-8,10,29H,9,11-15H2,1-2H3,(H,30,34,35). The van der Waals surface area contributed by atoms with Gasteiger partial charge >= 0.3 is 0 Å². The van der Waals surface area contributed by atoms with Crippen LogP contribution in [0.15, 0.2) is 42.6 Å². The Hall–Kier alpha value is -3.68. The number of carbonyl (C=O) groups excluding carboxylic acids is 2. The van der Waals surface area contributed by atoms with E-state index < -0.39 is 0 Å². The van der Waals surface area contributed by atoms with Gasteiger partial charge in [0.15, 0.2) is 0 Å². The minimum atomic E-state index is -0.314. The molecule has 5 aromatic rings. The zero-order chi connectivity index (χ0) is 23.8. The normalized spacial score (nSPS) is 17.3. The number of amides is 2. The number of aryl methyl sites for hydroxylation is 1. The number of hydrogen-bond acceptors (Lipinski definition) is 4. The van der Waals surface area contributed by atoms with E-state index in [2.05, 4.69) is 57.5 Å². The monoisotopic (exact) mass is 465 g/mol. The molecule has 2 aromatic heterocycles. The zero-order valence-corrected chi connectivity index (χ0v) is 19.9. The minimum Gasteiger partial charge on any atom is -0.354 e. The fourth-order valence-electron chi connectivity index (χ4n) is 6.08. The van der Waals surface area contributed by atoms with Crippen molar-refractivity contribution >= 4 is 55.3 Å². The number of likely N-dealkylation sites (N-methyl/N-ethyl adjacent to an activating group) is 1. The third-order valence-electron chi connectivity index (χ3n) is 7.95. The van der Waals surface area contributed by atoms with Crippen LogP contribution in [0.4, 0.5) is 0 Å². The van der Waals surface area contributed by atoms with E-state index in [1.807, 2.05) is 23.9 Å². The van der Waals surface area contributed by atoms with E-state index in [0.717, 1.165) is 82.6 Å². The second-order valence-corrected chi connectivity index (χ2v) is 10.00. The van der Waals surface area contributed by atoms with Crippen molar-refractivity contribution in [2.24, 2.45) is 7.05 Å². The number of H-pyrrole nitrogens is 1. The molecule has 1 saturated heterocycles. The Balaban J connectivity index is 1.48. The average Bonchev–Trinajstić information content (AvgIpc) is 3.52. The highest BCUT2D eigenvalue weighted by atomic mass is 16.2. The maximum absolute atomic E-state index is 13.1. The molecule has 3 aromatic carbocycles. The van der Waals surface area contributed by atoms with E-state index in [4.69, 9.17) is 0 Å². The number of hydrogen-bond donors (Lipinski definition) is 2. The highest BCUT2D eigenvalue weighted by molar-refractivity contribution is 6.39. The third kappa shape index (κ3) is 2.92. The van der Waals surface area contributed by atoms with Gasteiger partial charge in [-0.15, -0.1) is 0 Å². The van der Waals surface area contributed by atoms with E-state index in [1.54, 1.807) is 0 Å². The van der Waals surface area contributed by atoms with E-state index in [-0.39, 0.29) is 11.8 Å². The number of imide groups is 1. The molecule has 2 amide bonds. The molecular formula is C28H27N5O2. The van der Waals surface area contributed by atoms with Gasteiger partial charge in [-0.2, -0.15) is 0 Å². The third-order valence-corrected chi connectivity index (χ3v) is 7.95. The Morgan fingerprint density at radius 3 is 2.37 bits per heavy atom. The lowest BCUT2D eigenvalue weighted by atomic mass is 9.93. The van der Waals surface area contributed by atoms with Gasteiger partial charge < -0.3 is 19.4 Å². The van der Waals surface area contributed by atoms with Crippen LogP contribution in [-0.4, -0.2) is 70.9 Å². The van der Waals surface area contributed by atoms with Gasteiger partial charge in [0.1, 0.15) is 0 Å². The van der Waals surface area contributed by atoms with E-state index in [0.29, 0.717) is 11.1 Å². The van der Waals surface area contributed by atoms with Gasteiger partial charge in [0.2, 0.25) is 0 Å². The molecule has 0 unspecified atom stereocenters. The van der Waals surface area contributed by atoms with Gasteiger partial charge in [-0.1, -0.05) is 30.3 Å². The molecule has 0 aliphatic carbocycles. The molecule has 35 heavy (non-hydrogen) atoms. The predicted molar refractivity (Wildman–Crippen MR) is 139 cm³/mol. The first-order valence-corrected chi connectivity index (χ1v) is 12.2. The fraction of sp³-hybridized carbons (Fsp3) is 0.286. The number of carbonyl (C=O) groups is 2. The maximum atomic E-state index is 13.1. The van der Waals surface area contributed by atoms with Crippen molar-refractivity contribution in [1.82, 2.24) is 24.7 Å². The van der Waals surface area contributed by atoms with E-state index in [9.17, 15) is 9.59 Å². The van der Waals surface area contributed by atoms with Crippen LogP contribution >= 0.6 is 0 Å². The SMILES string of the molecule is CN1CCN(CCc2cccc3c2[nH]c2c4ccc5ccn(C)c5c4c4c(c32)C(=O)NC4=O)CC1. The lowest BCUT2D eigenvalue weighted by Gasteiger charge is -2.32. The van der Waals surface area contributed by atoms with E-state index >= 15 is 0 Å². The van der Waals surface area contributed by atoms with Crippen LogP contribution < -0.4 is 5.32 Å². The summed E-state index contributed by atoms with van der Waals surface area (Å²) in [4.78, 5) is 34.8. The molecule has 1 fully saturated rings. The summed E-state index contributed by atoms with van der Waals surface area (Å²) in [5.74, 6) is -0.627. The van der Waals surface area contributed by atoms with Crippen LogP contribution in [0.5, 0.6) is 0 Å². The summed E-state index contributed by atoms with van der Waals surface area (Å²) in [6.45, 7) is 5.39. The van der Waals surface area contributed by atoms with Gasteiger partial charge in [0.05, 0.1) is 22.2 Å². The Morgan fingerprint density at radius 1 is 0.829 bits per heavy atom. The quantitative estimate of drug-likeness (QED) is 0.399. The van der Waals surface area contributed by atoms with Gasteiger partial charge in [-0.05, 0) is 25.1 Å². The van der Waals surface area contributed by atoms with Gasteiger partial charge in [0.25, 0.3) is 11.8 Å². The molecule has 7 nitrogen and oxygen atoms in total. The molecule has 0 bridgehead atoms. The molecule has 2 aliphatic rings. The molecule has 176 valence electrons. The van der Waals surface area contributed by atoms with Crippen molar-refractivity contribution in [3.8, 4) is 0 Å². The predicted octanol–water partition coefficient (Wildman–Crippen LogP) is 3.64. The second-order valence-electron chi connectivity index (χ2n) is 10.00. The summed E-state index contributed by atoms with van der Waals surface area (Å²) < 4.78 is 2.03.